The third-order valence-electron chi connectivity index (χ3n) is 3.92. The van der Waals surface area contributed by atoms with Gasteiger partial charge in [0.25, 0.3) is 0 Å². The van der Waals surface area contributed by atoms with Crippen LogP contribution in [0.1, 0.15) is 0 Å². The van der Waals surface area contributed by atoms with Crippen molar-refractivity contribution in [2.24, 2.45) is 0 Å². The van der Waals surface area contributed by atoms with Gasteiger partial charge in [0.05, 0.1) is 12.2 Å². The molecule has 1 aromatic heterocycles. The van der Waals surface area contributed by atoms with Gasteiger partial charge in [-0.05, 0) is 30.3 Å². The van der Waals surface area contributed by atoms with Crippen LogP contribution < -0.4 is 10.2 Å². The van der Waals surface area contributed by atoms with E-state index in [1.807, 2.05) is 23.1 Å². The Bertz CT molecular complexity index is 705. The molecule has 0 saturated carbocycles. The van der Waals surface area contributed by atoms with Gasteiger partial charge in [0.1, 0.15) is 11.6 Å². The number of nitrogens with zero attached hydrogens (tertiary/aromatic N) is 3. The maximum absolute atomic E-state index is 13.6. The number of piperazine rings is 1. The number of aromatic nitrogens is 1. The largest absolute Gasteiger partial charge is 0.354 e. The molecule has 0 spiro atoms. The second-order valence-corrected chi connectivity index (χ2v) is 6.06. The molecule has 126 valence electrons. The Hall–Kier alpha value is -2.18. The monoisotopic (exact) mass is 348 g/mol. The number of halogens is 2. The fraction of sp³-hybridized carbons (Fsp3) is 0.294. The van der Waals surface area contributed by atoms with E-state index in [9.17, 15) is 9.18 Å². The first-order valence-corrected chi connectivity index (χ1v) is 8.13. The van der Waals surface area contributed by atoms with Crippen LogP contribution in [0, 0.1) is 5.82 Å². The lowest BCUT2D eigenvalue weighted by Crippen LogP contribution is -2.48. The summed E-state index contributed by atoms with van der Waals surface area (Å²) in [5.41, 5.74) is 0.111. The lowest BCUT2D eigenvalue weighted by Gasteiger charge is -2.34. The smallest absolute Gasteiger partial charge is 0.238 e. The van der Waals surface area contributed by atoms with Gasteiger partial charge in [0.2, 0.25) is 5.91 Å². The fourth-order valence-corrected chi connectivity index (χ4v) is 2.83. The summed E-state index contributed by atoms with van der Waals surface area (Å²) in [6.45, 7) is 3.33. The first-order chi connectivity index (χ1) is 11.6. The second-order valence-electron chi connectivity index (χ2n) is 5.62. The molecule has 1 fully saturated rings. The molecule has 7 heteroatoms. The van der Waals surface area contributed by atoms with Crippen LogP contribution in [0.25, 0.3) is 0 Å². The molecular weight excluding hydrogens is 331 g/mol. The Morgan fingerprint density at radius 2 is 2.00 bits per heavy atom. The predicted octanol–water partition coefficient (Wildman–Crippen LogP) is 2.63. The van der Waals surface area contributed by atoms with Crippen molar-refractivity contribution in [1.29, 1.82) is 0 Å². The van der Waals surface area contributed by atoms with Crippen LogP contribution in [-0.2, 0) is 4.79 Å². The molecule has 2 aromatic rings. The third kappa shape index (κ3) is 4.21. The van der Waals surface area contributed by atoms with Crippen LogP contribution >= 0.6 is 11.6 Å². The normalized spacial score (nSPS) is 15.3. The van der Waals surface area contributed by atoms with Crippen molar-refractivity contribution in [3.05, 3.63) is 53.4 Å². The zero-order valence-electron chi connectivity index (χ0n) is 13.1. The first kappa shape index (κ1) is 16.7. The highest BCUT2D eigenvalue weighted by molar-refractivity contribution is 6.30. The van der Waals surface area contributed by atoms with E-state index in [2.05, 4.69) is 15.2 Å². The van der Waals surface area contributed by atoms with Gasteiger partial charge in [-0.1, -0.05) is 17.7 Å². The van der Waals surface area contributed by atoms with Crippen molar-refractivity contribution in [3.8, 4) is 0 Å². The Morgan fingerprint density at radius 1 is 1.21 bits per heavy atom. The number of anilines is 2. The molecule has 1 aromatic carbocycles. The summed E-state index contributed by atoms with van der Waals surface area (Å²) in [6.07, 6.45) is 1.77. The van der Waals surface area contributed by atoms with E-state index < -0.39 is 5.82 Å². The van der Waals surface area contributed by atoms with Crippen molar-refractivity contribution in [1.82, 2.24) is 9.88 Å². The minimum absolute atomic E-state index is 0.111. The number of hydrogen-bond donors (Lipinski definition) is 1. The van der Waals surface area contributed by atoms with Gasteiger partial charge in [-0.25, -0.2) is 9.37 Å². The third-order valence-corrected chi connectivity index (χ3v) is 4.15. The van der Waals surface area contributed by atoms with E-state index in [0.29, 0.717) is 5.02 Å². The molecule has 1 N–H and O–H groups in total. The molecule has 1 amide bonds. The van der Waals surface area contributed by atoms with Gasteiger partial charge < -0.3 is 10.2 Å². The fourth-order valence-electron chi connectivity index (χ4n) is 2.66. The molecule has 2 heterocycles. The molecule has 0 bridgehead atoms. The van der Waals surface area contributed by atoms with Crippen LogP contribution in [0.3, 0.4) is 0 Å². The standard InChI is InChI=1S/C17H18ClFN4O/c18-13-4-5-14(19)15(11-13)21-17(24)12-22-7-9-23(10-8-22)16-3-1-2-6-20-16/h1-6,11H,7-10,12H2,(H,21,24). The summed E-state index contributed by atoms with van der Waals surface area (Å²) in [4.78, 5) is 20.7. The molecule has 24 heavy (non-hydrogen) atoms. The quantitative estimate of drug-likeness (QED) is 0.922. The molecule has 1 saturated heterocycles. The van der Waals surface area contributed by atoms with Gasteiger partial charge in [-0.2, -0.15) is 0 Å². The zero-order chi connectivity index (χ0) is 16.9. The summed E-state index contributed by atoms with van der Waals surface area (Å²) in [5.74, 6) is 0.206. The van der Waals surface area contributed by atoms with Gasteiger partial charge in [0.15, 0.2) is 0 Å². The van der Waals surface area contributed by atoms with E-state index in [0.717, 1.165) is 32.0 Å². The molecular formula is C17H18ClFN4O. The Balaban J connectivity index is 1.51. The molecule has 5 nitrogen and oxygen atoms in total. The molecule has 0 unspecified atom stereocenters. The van der Waals surface area contributed by atoms with Crippen LogP contribution in [0.4, 0.5) is 15.9 Å². The number of rotatable bonds is 4. The summed E-state index contributed by atoms with van der Waals surface area (Å²) >= 11 is 5.83. The summed E-state index contributed by atoms with van der Waals surface area (Å²) in [6, 6.07) is 9.92. The molecule has 1 aliphatic rings. The van der Waals surface area contributed by atoms with E-state index >= 15 is 0 Å². The minimum atomic E-state index is -0.493. The van der Waals surface area contributed by atoms with Crippen LogP contribution in [0.2, 0.25) is 5.02 Å². The topological polar surface area (TPSA) is 48.5 Å². The van der Waals surface area contributed by atoms with E-state index in [4.69, 9.17) is 11.6 Å². The highest BCUT2D eigenvalue weighted by Gasteiger charge is 2.20. The number of carbonyl (C=O) groups is 1. The number of pyridine rings is 1. The van der Waals surface area contributed by atoms with E-state index in [1.54, 1.807) is 6.20 Å². The van der Waals surface area contributed by atoms with Gasteiger partial charge >= 0.3 is 0 Å². The van der Waals surface area contributed by atoms with Gasteiger partial charge in [0, 0.05) is 37.4 Å². The van der Waals surface area contributed by atoms with Crippen LogP contribution in [-0.4, -0.2) is 48.5 Å². The number of carbonyl (C=O) groups excluding carboxylic acids is 1. The number of benzene rings is 1. The van der Waals surface area contributed by atoms with Crippen molar-refractivity contribution in [2.45, 2.75) is 0 Å². The maximum Gasteiger partial charge on any atom is 0.238 e. The Labute approximate surface area is 145 Å². The van der Waals surface area contributed by atoms with Crippen LogP contribution in [0.5, 0.6) is 0 Å². The summed E-state index contributed by atoms with van der Waals surface area (Å²) < 4.78 is 13.6. The number of hydrogen-bond acceptors (Lipinski definition) is 4. The highest BCUT2D eigenvalue weighted by atomic mass is 35.5. The van der Waals surface area contributed by atoms with Crippen molar-refractivity contribution in [3.63, 3.8) is 0 Å². The molecule has 1 aliphatic heterocycles. The molecule has 0 aliphatic carbocycles. The number of amides is 1. The van der Waals surface area contributed by atoms with Gasteiger partial charge in [-0.15, -0.1) is 0 Å². The first-order valence-electron chi connectivity index (χ1n) is 7.75. The minimum Gasteiger partial charge on any atom is -0.354 e. The number of nitrogens with one attached hydrogen (secondary N) is 1. The average Bonchev–Trinajstić information content (AvgIpc) is 2.59. The highest BCUT2D eigenvalue weighted by Crippen LogP contribution is 2.19. The van der Waals surface area contributed by atoms with Crippen LogP contribution in [0.15, 0.2) is 42.6 Å². The van der Waals surface area contributed by atoms with Crippen molar-refractivity contribution >= 4 is 29.0 Å². The lowest BCUT2D eigenvalue weighted by atomic mass is 10.2. The van der Waals surface area contributed by atoms with Crippen molar-refractivity contribution in [2.75, 3.05) is 42.9 Å². The lowest BCUT2D eigenvalue weighted by molar-refractivity contribution is -0.117. The molecule has 3 rings (SSSR count). The predicted molar refractivity (Wildman–Crippen MR) is 92.9 cm³/mol. The zero-order valence-corrected chi connectivity index (χ0v) is 13.8. The SMILES string of the molecule is O=C(CN1CCN(c2ccccn2)CC1)Nc1cc(Cl)ccc1F. The molecule has 0 radical (unpaired) electrons. The second kappa shape index (κ2) is 7.59. The Morgan fingerprint density at radius 3 is 2.71 bits per heavy atom. The summed E-state index contributed by atoms with van der Waals surface area (Å²) in [7, 11) is 0. The maximum atomic E-state index is 13.6. The molecule has 0 atom stereocenters. The van der Waals surface area contributed by atoms with E-state index in [-0.39, 0.29) is 18.1 Å². The van der Waals surface area contributed by atoms with E-state index in [1.165, 1.54) is 18.2 Å². The van der Waals surface area contributed by atoms with Gasteiger partial charge in [-0.3, -0.25) is 9.69 Å². The Kier molecular flexibility index (Phi) is 5.27. The average molecular weight is 349 g/mol. The summed E-state index contributed by atoms with van der Waals surface area (Å²) in [5, 5.41) is 2.96. The van der Waals surface area contributed by atoms with Crippen molar-refractivity contribution < 1.29 is 9.18 Å².